The van der Waals surface area contributed by atoms with Gasteiger partial charge in [0, 0.05) is 100 Å². The number of likely N-dealkylation sites (tertiary alicyclic amines) is 1. The monoisotopic (exact) mass is 1540 g/mol. The predicted molar refractivity (Wildman–Crippen MR) is 416 cm³/mol. The van der Waals surface area contributed by atoms with Gasteiger partial charge in [-0.05, 0) is 106 Å². The van der Waals surface area contributed by atoms with Crippen LogP contribution in [0, 0.1) is 29.6 Å². The van der Waals surface area contributed by atoms with E-state index in [9.17, 15) is 67.4 Å². The van der Waals surface area contributed by atoms with Crippen LogP contribution in [-0.4, -0.2) is 218 Å². The van der Waals surface area contributed by atoms with Gasteiger partial charge in [0.1, 0.15) is 42.1 Å². The average molecular weight is 1540 g/mol. The summed E-state index contributed by atoms with van der Waals surface area (Å²) < 4.78 is -0.211. The Balaban J connectivity index is 1.52. The molecule has 0 saturated carbocycles. The average Bonchev–Trinajstić information content (AvgIpc) is 1.79. The van der Waals surface area contributed by atoms with Crippen LogP contribution in [0.25, 0.3) is 10.4 Å². The van der Waals surface area contributed by atoms with Crippen molar-refractivity contribution in [1.82, 2.24) is 45.8 Å². The van der Waals surface area contributed by atoms with E-state index in [1.54, 1.807) is 91.9 Å². The second-order valence-corrected chi connectivity index (χ2v) is 33.3. The first-order valence-electron chi connectivity index (χ1n) is 36.8. The number of aliphatic carboxylic acids is 1. The van der Waals surface area contributed by atoms with Crippen LogP contribution in [0.3, 0.4) is 0 Å². The number of nitrogens with one attached hydrogen (secondary N) is 4. The minimum atomic E-state index is -1.23. The first-order chi connectivity index (χ1) is 50.4. The molecular weight excluding hydrogens is 1430 g/mol. The third-order valence-corrected chi connectivity index (χ3v) is 22.7. The number of carboxylic acid groups (broad SMARTS) is 1. The van der Waals surface area contributed by atoms with E-state index in [2.05, 4.69) is 31.3 Å². The van der Waals surface area contributed by atoms with Gasteiger partial charge in [-0.1, -0.05) is 180 Å². The van der Waals surface area contributed by atoms with Gasteiger partial charge >= 0.3 is 5.97 Å². The first-order valence-corrected chi connectivity index (χ1v) is 39.6. The smallest absolute Gasteiger partial charge is 0.326 e. The van der Waals surface area contributed by atoms with Gasteiger partial charge in [0.05, 0.1) is 18.1 Å². The molecule has 1 saturated heterocycles. The molecule has 3 aromatic rings. The van der Waals surface area contributed by atoms with Crippen LogP contribution in [0.5, 0.6) is 0 Å². The number of carboxylic acids is 1. The van der Waals surface area contributed by atoms with Gasteiger partial charge in [-0.25, -0.2) is 4.79 Å². The van der Waals surface area contributed by atoms with Crippen molar-refractivity contribution in [3.63, 3.8) is 0 Å². The summed E-state index contributed by atoms with van der Waals surface area (Å²) in [5, 5.41) is 24.7. The summed E-state index contributed by atoms with van der Waals surface area (Å²) in [7, 11) is 8.56. The largest absolute Gasteiger partial charge is 0.480 e. The zero-order valence-electron chi connectivity index (χ0n) is 64.8. The summed E-state index contributed by atoms with van der Waals surface area (Å²) in [6.45, 7) is 19.8. The minimum absolute atomic E-state index is 0.00880. The lowest BCUT2D eigenvalue weighted by Crippen LogP contribution is -2.57. The minimum Gasteiger partial charge on any atom is -0.480 e. The summed E-state index contributed by atoms with van der Waals surface area (Å²) in [4.78, 5) is 193. The molecule has 0 radical (unpaired) electrons. The van der Waals surface area contributed by atoms with Crippen LogP contribution in [0.2, 0.25) is 0 Å². The Morgan fingerprint density at radius 2 is 1.10 bits per heavy atom. The summed E-state index contributed by atoms with van der Waals surface area (Å²) in [5.74, 6) is -11.8. The molecule has 5 N–H and O–H groups in total. The highest BCUT2D eigenvalue weighted by Gasteiger charge is 2.42. The SMILES string of the molecule is CC(C)C[C@H](NC(=O)[C@H](CCCCN=[N+]=[N-])CC(=O)[C@H](Cc1ccccc1)NC(=O)CCl)C(=O)N(C)[C@@H](C)C(=O)N(C)[C@@H](CC(C)C)C(=O)C[C@@H](C)C(=O)N(C)[C@@H](Cc1ccccc1)C(=O)N(C)[C@@H](C)C(=O)N[C@@H](C)C(=O)C[C@@H](Cc1ccccc1)C(=O)N[C@@H](CSSC(C)(C)C)C(=O)N1CCC[C@H]1C(=O)O. The Morgan fingerprint density at radius 1 is 0.579 bits per heavy atom. The zero-order valence-corrected chi connectivity index (χ0v) is 67.2. The molecule has 0 aromatic heterocycles. The van der Waals surface area contributed by atoms with E-state index in [1.807, 2.05) is 54.5 Å². The van der Waals surface area contributed by atoms with E-state index < -0.39 is 154 Å². The number of benzene rings is 3. The van der Waals surface area contributed by atoms with Crippen LogP contribution < -0.4 is 21.3 Å². The maximum Gasteiger partial charge on any atom is 0.326 e. The van der Waals surface area contributed by atoms with E-state index in [-0.39, 0.29) is 99.6 Å². The summed E-state index contributed by atoms with van der Waals surface area (Å²) in [6, 6.07) is 16.6. The van der Waals surface area contributed by atoms with E-state index in [0.717, 1.165) is 11.1 Å². The molecule has 1 heterocycles. The number of rotatable bonds is 45. The second kappa shape index (κ2) is 44.8. The first kappa shape index (κ1) is 91.1. The summed E-state index contributed by atoms with van der Waals surface area (Å²) in [5.41, 5.74) is 11.0. The maximum absolute atomic E-state index is 14.9. The number of amides is 9. The number of carbonyl (C=O) groups is 13. The fourth-order valence-electron chi connectivity index (χ4n) is 12.7. The molecule has 1 aliphatic heterocycles. The Labute approximate surface area is 643 Å². The van der Waals surface area contributed by atoms with Crippen molar-refractivity contribution < 1.29 is 67.4 Å². The zero-order chi connectivity index (χ0) is 80.0. The molecule has 1 fully saturated rings. The molecule has 4 rings (SSSR count). The highest BCUT2D eigenvalue weighted by molar-refractivity contribution is 8.77. The van der Waals surface area contributed by atoms with Crippen molar-refractivity contribution in [3.05, 3.63) is 118 Å². The number of ketones is 3. The molecule has 0 aliphatic carbocycles. The number of likely N-dealkylation sites (N-methyl/N-ethyl adjacent to an activating group) is 4. The molecule has 588 valence electrons. The standard InChI is InChI=1S/C78H113ClN12O14S2/c1-48(2)38-60(84-70(97)57(34-25-26-36-81-86-80)44-66(93)59(83-68(95)46-79)42-55-30-21-17-22-31-55)74(101)88(13)53(8)73(100)89(14)63(39-49(3)4)67(94)40-50(5)72(99)90(15)64(43-56-32-23-18-24-33-56)76(103)87(12)52(7)69(96)82-51(6)65(92)45-58(41-54-28-19-16-20-29-54)71(98)85-61(47-106-107-78(9,10)11)75(102)91-37-27-35-62(91)77(104)105/h16-24,28-33,48-53,57-64H,25-27,34-47H2,1-15H3,(H,82,96)(H,83,95)(H,84,97)(H,85,98)(H,104,105)/t50-,51+,52+,53+,57-,58-,59+,60+,61+,62+,63+,64+/m1/s1. The van der Waals surface area contributed by atoms with Crippen molar-refractivity contribution in [2.75, 3.05) is 52.9 Å². The van der Waals surface area contributed by atoms with Gasteiger partial charge < -0.3 is 50.9 Å². The molecule has 12 atom stereocenters. The fraction of sp³-hybridized carbons (Fsp3) is 0.603. The van der Waals surface area contributed by atoms with Crippen LogP contribution in [0.15, 0.2) is 96.1 Å². The fourth-order valence-corrected chi connectivity index (χ4v) is 15.3. The lowest BCUT2D eigenvalue weighted by Gasteiger charge is -2.36. The van der Waals surface area contributed by atoms with Gasteiger partial charge in [-0.15, -0.1) is 11.6 Å². The maximum atomic E-state index is 14.9. The number of Topliss-reactive ketones (excluding diaryl/α,β-unsaturated/α-hetero) is 3. The molecule has 29 heteroatoms. The second-order valence-electron chi connectivity index (χ2n) is 29.9. The molecular formula is C78H113ClN12O14S2. The van der Waals surface area contributed by atoms with Crippen LogP contribution in [0.4, 0.5) is 0 Å². The summed E-state index contributed by atoms with van der Waals surface area (Å²) in [6.07, 6.45) is 1.15. The van der Waals surface area contributed by atoms with E-state index in [1.165, 1.54) is 95.0 Å². The molecule has 0 bridgehead atoms. The number of nitrogens with zero attached hydrogens (tertiary/aromatic N) is 8. The van der Waals surface area contributed by atoms with Crippen molar-refractivity contribution in [1.29, 1.82) is 0 Å². The van der Waals surface area contributed by atoms with Gasteiger partial charge in [0.25, 0.3) is 0 Å². The lowest BCUT2D eigenvalue weighted by atomic mass is 9.90. The molecule has 0 spiro atoms. The van der Waals surface area contributed by atoms with Crippen LogP contribution in [-0.2, 0) is 81.6 Å². The number of azide groups is 1. The molecule has 107 heavy (non-hydrogen) atoms. The lowest BCUT2D eigenvalue weighted by molar-refractivity contribution is -0.150. The molecule has 26 nitrogen and oxygen atoms in total. The number of hydrogen-bond acceptors (Lipinski definition) is 16. The van der Waals surface area contributed by atoms with E-state index in [4.69, 9.17) is 17.1 Å². The highest BCUT2D eigenvalue weighted by atomic mass is 35.5. The van der Waals surface area contributed by atoms with Gasteiger partial charge in [0.2, 0.25) is 53.2 Å². The normalized spacial score (nSPS) is 15.9. The van der Waals surface area contributed by atoms with E-state index >= 15 is 0 Å². The molecule has 1 aliphatic rings. The number of halogens is 1. The van der Waals surface area contributed by atoms with Crippen LogP contribution >= 0.6 is 33.2 Å². The Morgan fingerprint density at radius 3 is 1.64 bits per heavy atom. The number of carbonyl (C=O) groups excluding carboxylic acids is 12. The van der Waals surface area contributed by atoms with Gasteiger partial charge in [-0.2, -0.15) is 0 Å². The van der Waals surface area contributed by atoms with Crippen molar-refractivity contribution in [2.24, 2.45) is 34.7 Å². The third kappa shape index (κ3) is 29.6. The number of alkyl halides is 1. The molecule has 9 amide bonds. The number of hydrogen-bond donors (Lipinski definition) is 5. The van der Waals surface area contributed by atoms with Crippen molar-refractivity contribution in [2.45, 2.75) is 219 Å². The Bertz CT molecular complexity index is 3550. The number of unbranched alkanes of at least 4 members (excludes halogenated alkanes) is 1. The topological polar surface area (TPSA) is 355 Å². The predicted octanol–water partition coefficient (Wildman–Crippen LogP) is 8.83. The Hall–Kier alpha value is -8.33. The van der Waals surface area contributed by atoms with Crippen molar-refractivity contribution >= 4 is 110 Å². The van der Waals surface area contributed by atoms with Gasteiger partial charge in [-0.3, -0.25) is 57.5 Å². The van der Waals surface area contributed by atoms with Crippen molar-refractivity contribution in [3.8, 4) is 0 Å². The third-order valence-electron chi connectivity index (χ3n) is 19.1. The molecule has 0 unspecified atom stereocenters. The van der Waals surface area contributed by atoms with Gasteiger partial charge in [0.15, 0.2) is 17.3 Å². The molecule has 3 aromatic carbocycles. The highest BCUT2D eigenvalue weighted by Crippen LogP contribution is 2.36. The quantitative estimate of drug-likeness (QED) is 0.00880. The summed E-state index contributed by atoms with van der Waals surface area (Å²) >= 11 is 5.84. The Kier molecular flexibility index (Phi) is 38.2. The van der Waals surface area contributed by atoms with E-state index in [0.29, 0.717) is 24.8 Å². The van der Waals surface area contributed by atoms with Crippen LogP contribution in [0.1, 0.15) is 157 Å².